The van der Waals surface area contributed by atoms with E-state index in [0.717, 1.165) is 0 Å². The van der Waals surface area contributed by atoms with Gasteiger partial charge in [-0.15, -0.1) is 0 Å². The van der Waals surface area contributed by atoms with Crippen molar-refractivity contribution in [3.8, 4) is 0 Å². The fraction of sp³-hybridized carbons (Fsp3) is 0.0769. The quantitative estimate of drug-likeness (QED) is 0.908. The SMILES string of the molecule is CNC(=O)c1cc(Nc2ccc(F)c(Cl)c2)ccn1. The van der Waals surface area contributed by atoms with Crippen LogP contribution in [0.3, 0.4) is 0 Å². The zero-order chi connectivity index (χ0) is 13.8. The first-order valence-electron chi connectivity index (χ1n) is 5.50. The minimum atomic E-state index is -0.479. The van der Waals surface area contributed by atoms with Gasteiger partial charge in [0.15, 0.2) is 0 Å². The highest BCUT2D eigenvalue weighted by atomic mass is 35.5. The number of carbonyl (C=O) groups excluding carboxylic acids is 1. The number of nitrogens with zero attached hydrogens (tertiary/aromatic N) is 1. The highest BCUT2D eigenvalue weighted by Gasteiger charge is 2.06. The zero-order valence-electron chi connectivity index (χ0n) is 10.1. The van der Waals surface area contributed by atoms with Gasteiger partial charge in [0, 0.05) is 24.6 Å². The molecule has 6 heteroatoms. The van der Waals surface area contributed by atoms with Crippen LogP contribution in [0.1, 0.15) is 10.5 Å². The van der Waals surface area contributed by atoms with Crippen LogP contribution in [0.15, 0.2) is 36.5 Å². The largest absolute Gasteiger partial charge is 0.355 e. The molecule has 1 aromatic carbocycles. The fourth-order valence-electron chi connectivity index (χ4n) is 1.50. The van der Waals surface area contributed by atoms with E-state index in [2.05, 4.69) is 15.6 Å². The van der Waals surface area contributed by atoms with Crippen LogP contribution in [-0.2, 0) is 0 Å². The van der Waals surface area contributed by atoms with Crippen LogP contribution in [0.4, 0.5) is 15.8 Å². The summed E-state index contributed by atoms with van der Waals surface area (Å²) in [6.07, 6.45) is 1.51. The van der Waals surface area contributed by atoms with Crippen LogP contribution in [0, 0.1) is 5.82 Å². The molecular formula is C13H11ClFN3O. The van der Waals surface area contributed by atoms with E-state index in [9.17, 15) is 9.18 Å². The second kappa shape index (κ2) is 5.67. The first-order chi connectivity index (χ1) is 9.10. The maximum Gasteiger partial charge on any atom is 0.269 e. The Morgan fingerprint density at radius 2 is 2.00 bits per heavy atom. The van der Waals surface area contributed by atoms with Crippen molar-refractivity contribution in [2.45, 2.75) is 0 Å². The first kappa shape index (κ1) is 13.3. The molecule has 0 aliphatic heterocycles. The van der Waals surface area contributed by atoms with Crippen molar-refractivity contribution < 1.29 is 9.18 Å². The predicted octanol–water partition coefficient (Wildman–Crippen LogP) is 2.98. The van der Waals surface area contributed by atoms with Crippen molar-refractivity contribution in [2.75, 3.05) is 12.4 Å². The predicted molar refractivity (Wildman–Crippen MR) is 72.3 cm³/mol. The maximum absolute atomic E-state index is 13.0. The van der Waals surface area contributed by atoms with E-state index >= 15 is 0 Å². The molecule has 1 amide bonds. The minimum absolute atomic E-state index is 0.0329. The van der Waals surface area contributed by atoms with Crippen LogP contribution in [0.5, 0.6) is 0 Å². The lowest BCUT2D eigenvalue weighted by Gasteiger charge is -2.08. The van der Waals surface area contributed by atoms with Gasteiger partial charge in [-0.1, -0.05) is 11.6 Å². The van der Waals surface area contributed by atoms with Crippen LogP contribution < -0.4 is 10.6 Å². The molecule has 0 radical (unpaired) electrons. The van der Waals surface area contributed by atoms with Gasteiger partial charge in [0.25, 0.3) is 5.91 Å². The van der Waals surface area contributed by atoms with E-state index in [1.54, 1.807) is 18.2 Å². The van der Waals surface area contributed by atoms with Crippen molar-refractivity contribution in [3.63, 3.8) is 0 Å². The summed E-state index contributed by atoms with van der Waals surface area (Å²) in [6, 6.07) is 7.59. The van der Waals surface area contributed by atoms with Gasteiger partial charge in [0.05, 0.1) is 5.02 Å². The third kappa shape index (κ3) is 3.20. The molecule has 4 nitrogen and oxygen atoms in total. The number of carbonyl (C=O) groups is 1. The number of halogens is 2. The molecule has 0 aliphatic carbocycles. The van der Waals surface area contributed by atoms with E-state index < -0.39 is 5.82 Å². The number of rotatable bonds is 3. The van der Waals surface area contributed by atoms with Crippen molar-refractivity contribution >= 4 is 28.9 Å². The normalized spacial score (nSPS) is 10.1. The Kier molecular flexibility index (Phi) is 3.97. The summed E-state index contributed by atoms with van der Waals surface area (Å²) >= 11 is 5.69. The molecular weight excluding hydrogens is 269 g/mol. The molecule has 1 aromatic heterocycles. The molecule has 2 N–H and O–H groups in total. The number of anilines is 2. The van der Waals surface area contributed by atoms with Gasteiger partial charge in [-0.2, -0.15) is 0 Å². The third-order valence-corrected chi connectivity index (χ3v) is 2.72. The van der Waals surface area contributed by atoms with E-state index in [0.29, 0.717) is 17.1 Å². The minimum Gasteiger partial charge on any atom is -0.355 e. The lowest BCUT2D eigenvalue weighted by molar-refractivity contribution is 0.0958. The van der Waals surface area contributed by atoms with Gasteiger partial charge >= 0.3 is 0 Å². The van der Waals surface area contributed by atoms with Crippen molar-refractivity contribution in [1.82, 2.24) is 10.3 Å². The van der Waals surface area contributed by atoms with Crippen LogP contribution in [0.25, 0.3) is 0 Å². The summed E-state index contributed by atoms with van der Waals surface area (Å²) in [5.74, 6) is -0.756. The number of benzene rings is 1. The van der Waals surface area contributed by atoms with Crippen molar-refractivity contribution in [1.29, 1.82) is 0 Å². The Bertz CT molecular complexity index is 619. The van der Waals surface area contributed by atoms with Gasteiger partial charge in [-0.3, -0.25) is 9.78 Å². The van der Waals surface area contributed by atoms with E-state index in [1.165, 1.54) is 25.4 Å². The molecule has 0 saturated carbocycles. The lowest BCUT2D eigenvalue weighted by atomic mass is 10.2. The summed E-state index contributed by atoms with van der Waals surface area (Å²) in [5.41, 5.74) is 1.58. The number of hydrogen-bond donors (Lipinski definition) is 2. The molecule has 98 valence electrons. The second-order valence-electron chi connectivity index (χ2n) is 3.76. The van der Waals surface area contributed by atoms with Crippen molar-refractivity contribution in [3.05, 3.63) is 53.1 Å². The topological polar surface area (TPSA) is 54.0 Å². The molecule has 0 saturated heterocycles. The van der Waals surface area contributed by atoms with Gasteiger partial charge in [0.1, 0.15) is 11.5 Å². The van der Waals surface area contributed by atoms with Crippen molar-refractivity contribution in [2.24, 2.45) is 0 Å². The Labute approximate surface area is 114 Å². The van der Waals surface area contributed by atoms with Gasteiger partial charge in [-0.05, 0) is 30.3 Å². The Morgan fingerprint density at radius 3 is 2.68 bits per heavy atom. The Balaban J connectivity index is 2.23. The Morgan fingerprint density at radius 1 is 1.26 bits per heavy atom. The maximum atomic E-state index is 13.0. The highest BCUT2D eigenvalue weighted by molar-refractivity contribution is 6.31. The van der Waals surface area contributed by atoms with Gasteiger partial charge in [0.2, 0.25) is 0 Å². The number of aromatic nitrogens is 1. The average molecular weight is 280 g/mol. The summed E-state index contributed by atoms with van der Waals surface area (Å²) in [5, 5.41) is 5.54. The number of pyridine rings is 1. The molecule has 2 aromatic rings. The molecule has 1 heterocycles. The molecule has 0 atom stereocenters. The van der Waals surface area contributed by atoms with Crippen LogP contribution >= 0.6 is 11.6 Å². The summed E-state index contributed by atoms with van der Waals surface area (Å²) in [6.45, 7) is 0. The number of amides is 1. The molecule has 0 fully saturated rings. The molecule has 0 aliphatic rings. The summed E-state index contributed by atoms with van der Waals surface area (Å²) in [7, 11) is 1.53. The monoisotopic (exact) mass is 279 g/mol. The fourth-order valence-corrected chi connectivity index (χ4v) is 1.68. The molecule has 0 unspecified atom stereocenters. The first-order valence-corrected chi connectivity index (χ1v) is 5.88. The van der Waals surface area contributed by atoms with E-state index in [4.69, 9.17) is 11.6 Å². The lowest BCUT2D eigenvalue weighted by Crippen LogP contribution is -2.19. The van der Waals surface area contributed by atoms with E-state index in [-0.39, 0.29) is 10.9 Å². The summed E-state index contributed by atoms with van der Waals surface area (Å²) in [4.78, 5) is 15.4. The van der Waals surface area contributed by atoms with Gasteiger partial charge < -0.3 is 10.6 Å². The Hall–Kier alpha value is -2.14. The van der Waals surface area contributed by atoms with Crippen LogP contribution in [0.2, 0.25) is 5.02 Å². The highest BCUT2D eigenvalue weighted by Crippen LogP contribution is 2.22. The smallest absolute Gasteiger partial charge is 0.269 e. The zero-order valence-corrected chi connectivity index (χ0v) is 10.8. The van der Waals surface area contributed by atoms with Gasteiger partial charge in [-0.25, -0.2) is 4.39 Å². The second-order valence-corrected chi connectivity index (χ2v) is 4.17. The van der Waals surface area contributed by atoms with E-state index in [1.807, 2.05) is 0 Å². The number of hydrogen-bond acceptors (Lipinski definition) is 3. The average Bonchev–Trinajstić information content (AvgIpc) is 2.42. The number of nitrogens with one attached hydrogen (secondary N) is 2. The van der Waals surface area contributed by atoms with Crippen LogP contribution in [-0.4, -0.2) is 17.9 Å². The summed E-state index contributed by atoms with van der Waals surface area (Å²) < 4.78 is 13.0. The third-order valence-electron chi connectivity index (χ3n) is 2.43. The molecule has 0 spiro atoms. The molecule has 0 bridgehead atoms. The molecule has 19 heavy (non-hydrogen) atoms. The standard InChI is InChI=1S/C13H11ClFN3O/c1-16-13(19)12-7-9(4-5-17-12)18-8-2-3-11(15)10(14)6-8/h2-7H,1H3,(H,16,19)(H,17,18). The molecule has 2 rings (SSSR count).